The summed E-state index contributed by atoms with van der Waals surface area (Å²) < 4.78 is 24.7. The van der Waals surface area contributed by atoms with E-state index in [-0.39, 0.29) is 43.3 Å². The first-order chi connectivity index (χ1) is 20.5. The zero-order valence-electron chi connectivity index (χ0n) is 27.5. The van der Waals surface area contributed by atoms with E-state index in [0.717, 1.165) is 57.8 Å². The van der Waals surface area contributed by atoms with Crippen molar-refractivity contribution in [2.24, 2.45) is 17.3 Å². The highest BCUT2D eigenvalue weighted by Crippen LogP contribution is 2.54. The summed E-state index contributed by atoms with van der Waals surface area (Å²) in [6.45, 7) is 10.1. The largest absolute Gasteiger partial charge is 0.379 e. The SMILES string of the molecule is CCCCCCCC1CCCCCCC2(CCNC2=O)C[C@@H](C(O)P(=O)(OCC)OCC)NC(=O)[C@H](CC(C)C)NC1=O. The first-order valence-corrected chi connectivity index (χ1v) is 18.6. The van der Waals surface area contributed by atoms with Crippen molar-refractivity contribution in [1.82, 2.24) is 16.0 Å². The van der Waals surface area contributed by atoms with Gasteiger partial charge in [-0.05, 0) is 58.3 Å². The second-order valence-corrected chi connectivity index (χ2v) is 15.1. The molecule has 1 spiro atoms. The maximum Gasteiger partial charge on any atom is 0.360 e. The van der Waals surface area contributed by atoms with Crippen molar-refractivity contribution in [2.45, 2.75) is 149 Å². The number of unbranched alkanes of at least 4 members (excludes halogenated alkanes) is 4. The van der Waals surface area contributed by atoms with E-state index < -0.39 is 36.8 Å². The number of nitrogens with one attached hydrogen (secondary N) is 3. The minimum absolute atomic E-state index is 0.0481. The van der Waals surface area contributed by atoms with E-state index in [0.29, 0.717) is 25.8 Å². The Morgan fingerprint density at radius 1 is 0.907 bits per heavy atom. The molecule has 0 bridgehead atoms. The van der Waals surface area contributed by atoms with Crippen LogP contribution in [0.4, 0.5) is 0 Å². The first kappa shape index (κ1) is 37.7. The molecule has 0 aromatic rings. The van der Waals surface area contributed by atoms with Crippen molar-refractivity contribution in [3.05, 3.63) is 0 Å². The summed E-state index contributed by atoms with van der Waals surface area (Å²) in [6, 6.07) is -1.91. The number of aliphatic hydroxyl groups is 1. The summed E-state index contributed by atoms with van der Waals surface area (Å²) in [4.78, 5) is 40.8. The Kier molecular flexibility index (Phi) is 16.8. The van der Waals surface area contributed by atoms with Crippen LogP contribution in [0, 0.1) is 17.3 Å². The summed E-state index contributed by atoms with van der Waals surface area (Å²) in [5.41, 5.74) is -0.819. The number of hydrogen-bond acceptors (Lipinski definition) is 7. The lowest BCUT2D eigenvalue weighted by molar-refractivity contribution is -0.133. The quantitative estimate of drug-likeness (QED) is 0.140. The van der Waals surface area contributed by atoms with Crippen LogP contribution in [0.15, 0.2) is 0 Å². The Labute approximate surface area is 260 Å². The van der Waals surface area contributed by atoms with E-state index in [2.05, 4.69) is 22.9 Å². The number of rotatable bonds is 14. The summed E-state index contributed by atoms with van der Waals surface area (Å²) in [7, 11) is -4.05. The Balaban J connectivity index is 2.42. The molecule has 250 valence electrons. The number of amides is 3. The minimum atomic E-state index is -4.05. The Bertz CT molecular complexity index is 907. The molecule has 2 heterocycles. The van der Waals surface area contributed by atoms with Crippen LogP contribution in [0.2, 0.25) is 0 Å². The van der Waals surface area contributed by atoms with Gasteiger partial charge in [0.05, 0.1) is 24.7 Å². The Hall–Kier alpha value is -1.48. The van der Waals surface area contributed by atoms with Gasteiger partial charge in [0.15, 0.2) is 5.85 Å². The highest BCUT2D eigenvalue weighted by molar-refractivity contribution is 7.54. The van der Waals surface area contributed by atoms with Crippen LogP contribution < -0.4 is 16.0 Å². The van der Waals surface area contributed by atoms with Crippen molar-refractivity contribution < 1.29 is 33.1 Å². The number of hydrogen-bond donors (Lipinski definition) is 4. The molecular formula is C32H60N3O7P. The highest BCUT2D eigenvalue weighted by atomic mass is 31.2. The van der Waals surface area contributed by atoms with E-state index in [9.17, 15) is 24.1 Å². The molecule has 2 aliphatic heterocycles. The van der Waals surface area contributed by atoms with Crippen molar-refractivity contribution in [3.8, 4) is 0 Å². The monoisotopic (exact) mass is 629 g/mol. The normalized spacial score (nSPS) is 27.3. The third kappa shape index (κ3) is 11.8. The van der Waals surface area contributed by atoms with Gasteiger partial charge in [-0.2, -0.15) is 0 Å². The molecule has 5 atom stereocenters. The molecule has 11 heteroatoms. The lowest BCUT2D eigenvalue weighted by Crippen LogP contribution is -2.55. The molecular weight excluding hydrogens is 569 g/mol. The predicted octanol–water partition coefficient (Wildman–Crippen LogP) is 5.81. The van der Waals surface area contributed by atoms with Gasteiger partial charge in [0.1, 0.15) is 6.04 Å². The Morgan fingerprint density at radius 3 is 2.19 bits per heavy atom. The maximum atomic E-state index is 13.9. The smallest absolute Gasteiger partial charge is 0.360 e. The predicted molar refractivity (Wildman–Crippen MR) is 169 cm³/mol. The zero-order chi connectivity index (χ0) is 31.9. The molecule has 2 saturated heterocycles. The molecule has 0 aromatic carbocycles. The lowest BCUT2D eigenvalue weighted by atomic mass is 9.75. The van der Waals surface area contributed by atoms with Crippen LogP contribution in [0.3, 0.4) is 0 Å². The fourth-order valence-corrected chi connectivity index (χ4v) is 8.28. The van der Waals surface area contributed by atoms with E-state index >= 15 is 0 Å². The van der Waals surface area contributed by atoms with E-state index in [1.807, 2.05) is 13.8 Å². The van der Waals surface area contributed by atoms with Gasteiger partial charge in [-0.15, -0.1) is 0 Å². The number of carbonyl (C=O) groups excluding carboxylic acids is 3. The summed E-state index contributed by atoms with van der Waals surface area (Å²) in [5, 5.41) is 20.4. The highest BCUT2D eigenvalue weighted by Gasteiger charge is 2.49. The van der Waals surface area contributed by atoms with E-state index in [1.165, 1.54) is 12.8 Å². The fraction of sp³-hybridized carbons (Fsp3) is 0.906. The van der Waals surface area contributed by atoms with Gasteiger partial charge >= 0.3 is 7.60 Å². The topological polar surface area (TPSA) is 143 Å². The van der Waals surface area contributed by atoms with Crippen LogP contribution in [-0.2, 0) is 28.0 Å². The number of aliphatic hydroxyl groups excluding tert-OH is 1. The average molecular weight is 630 g/mol. The van der Waals surface area contributed by atoms with Crippen LogP contribution in [0.25, 0.3) is 0 Å². The Morgan fingerprint density at radius 2 is 1.58 bits per heavy atom. The van der Waals surface area contributed by atoms with E-state index in [1.54, 1.807) is 13.8 Å². The van der Waals surface area contributed by atoms with Gasteiger partial charge < -0.3 is 30.1 Å². The van der Waals surface area contributed by atoms with Crippen molar-refractivity contribution in [2.75, 3.05) is 19.8 Å². The third-order valence-corrected chi connectivity index (χ3v) is 11.2. The molecule has 0 aliphatic carbocycles. The fourth-order valence-electron chi connectivity index (χ4n) is 6.56. The summed E-state index contributed by atoms with van der Waals surface area (Å²) >= 11 is 0. The second-order valence-electron chi connectivity index (χ2n) is 12.9. The van der Waals surface area contributed by atoms with Crippen LogP contribution >= 0.6 is 7.60 Å². The van der Waals surface area contributed by atoms with Crippen molar-refractivity contribution in [3.63, 3.8) is 0 Å². The lowest BCUT2D eigenvalue weighted by Gasteiger charge is -2.36. The van der Waals surface area contributed by atoms with Gasteiger partial charge in [-0.1, -0.05) is 78.6 Å². The molecule has 10 nitrogen and oxygen atoms in total. The van der Waals surface area contributed by atoms with Gasteiger partial charge in [0, 0.05) is 12.5 Å². The minimum Gasteiger partial charge on any atom is -0.379 e. The molecule has 2 rings (SSSR count). The van der Waals surface area contributed by atoms with Crippen molar-refractivity contribution in [1.29, 1.82) is 0 Å². The molecule has 0 radical (unpaired) electrons. The standard InChI is InChI=1S/C32H60N3O7P/c1-6-9-10-11-14-17-25-18-15-12-13-16-19-32(20-21-33-31(32)39)23-27(30(38)43(40,41-7-2)42-8-3)35-29(37)26(22-24(4)5)34-28(25)36/h24-27,30,38H,6-23H2,1-5H3,(H,33,39)(H,34,36)(H,35,37)/t25?,26-,27-,30?,32?/m0/s1. The summed E-state index contributed by atoms with van der Waals surface area (Å²) in [6.07, 6.45) is 12.4. The molecule has 0 aromatic heterocycles. The molecule has 4 N–H and O–H groups in total. The van der Waals surface area contributed by atoms with Crippen molar-refractivity contribution >= 4 is 25.3 Å². The molecule has 2 fully saturated rings. The molecule has 2 aliphatic rings. The van der Waals surface area contributed by atoms with Crippen LogP contribution in [-0.4, -0.2) is 60.5 Å². The van der Waals surface area contributed by atoms with Gasteiger partial charge in [-0.3, -0.25) is 18.9 Å². The van der Waals surface area contributed by atoms with Crippen LogP contribution in [0.5, 0.6) is 0 Å². The first-order valence-electron chi connectivity index (χ1n) is 17.0. The maximum absolute atomic E-state index is 13.9. The third-order valence-electron chi connectivity index (χ3n) is 8.94. The second kappa shape index (κ2) is 19.1. The van der Waals surface area contributed by atoms with Crippen LogP contribution in [0.1, 0.15) is 131 Å². The van der Waals surface area contributed by atoms with Gasteiger partial charge in [0.25, 0.3) is 0 Å². The molecule has 3 amide bonds. The average Bonchev–Trinajstić information content (AvgIpc) is 3.31. The molecule has 43 heavy (non-hydrogen) atoms. The van der Waals surface area contributed by atoms with E-state index in [4.69, 9.17) is 9.05 Å². The number of carbonyl (C=O) groups is 3. The molecule has 3 unspecified atom stereocenters. The molecule has 0 saturated carbocycles. The van der Waals surface area contributed by atoms with Gasteiger partial charge in [0.2, 0.25) is 17.7 Å². The van der Waals surface area contributed by atoms with Gasteiger partial charge in [-0.25, -0.2) is 0 Å². The summed E-state index contributed by atoms with van der Waals surface area (Å²) in [5.74, 6) is -2.41. The zero-order valence-corrected chi connectivity index (χ0v) is 28.4.